The molecule has 0 aliphatic carbocycles. The van der Waals surface area contributed by atoms with Gasteiger partial charge in [0.05, 0.1) is 18.3 Å². The van der Waals surface area contributed by atoms with E-state index in [1.807, 2.05) is 0 Å². The molecule has 1 fully saturated rings. The van der Waals surface area contributed by atoms with E-state index in [4.69, 9.17) is 4.74 Å². The lowest BCUT2D eigenvalue weighted by molar-refractivity contribution is 0.208. The van der Waals surface area contributed by atoms with Gasteiger partial charge in [-0.3, -0.25) is 4.90 Å². The average Bonchev–Trinajstić information content (AvgIpc) is 2.87. The summed E-state index contributed by atoms with van der Waals surface area (Å²) in [6.45, 7) is 11.6. The highest BCUT2D eigenvalue weighted by molar-refractivity contribution is 6.99. The van der Waals surface area contributed by atoms with Crippen molar-refractivity contribution in [1.29, 1.82) is 0 Å². The molecule has 0 saturated carbocycles. The van der Waals surface area contributed by atoms with Crippen LogP contribution in [0.15, 0.2) is 0 Å². The molecule has 5 nitrogen and oxygen atoms in total. The number of piperazine rings is 1. The third kappa shape index (κ3) is 3.79. The summed E-state index contributed by atoms with van der Waals surface area (Å²) in [5.41, 5.74) is 0. The van der Waals surface area contributed by atoms with Crippen molar-refractivity contribution in [3.8, 4) is 5.88 Å². The highest BCUT2D eigenvalue weighted by atomic mass is 32.1. The Balaban J connectivity index is 1.90. The second kappa shape index (κ2) is 7.05. The molecule has 1 aliphatic rings. The van der Waals surface area contributed by atoms with E-state index in [1.165, 1.54) is 11.7 Å². The maximum absolute atomic E-state index is 5.73. The minimum atomic E-state index is 0.621. The number of hydrogen-bond acceptors (Lipinski definition) is 6. The number of ether oxygens (including phenoxy) is 1. The molecule has 1 aliphatic heterocycles. The van der Waals surface area contributed by atoms with Crippen LogP contribution >= 0.6 is 11.7 Å². The van der Waals surface area contributed by atoms with Gasteiger partial charge in [-0.1, -0.05) is 13.3 Å². The Morgan fingerprint density at radius 1 is 1.21 bits per heavy atom. The molecule has 1 saturated heterocycles. The number of aromatic nitrogens is 2. The number of nitrogens with zero attached hydrogens (tertiary/aromatic N) is 4. The van der Waals surface area contributed by atoms with Gasteiger partial charge >= 0.3 is 0 Å². The first-order chi connectivity index (χ1) is 9.22. The Labute approximate surface area is 119 Å². The first-order valence-electron chi connectivity index (χ1n) is 7.16. The number of hydrogen-bond donors (Lipinski definition) is 0. The first kappa shape index (κ1) is 14.5. The topological polar surface area (TPSA) is 41.5 Å². The van der Waals surface area contributed by atoms with E-state index in [0.717, 1.165) is 57.3 Å². The Bertz CT molecular complexity index is 374. The van der Waals surface area contributed by atoms with Crippen LogP contribution in [0.5, 0.6) is 5.88 Å². The third-order valence-electron chi connectivity index (χ3n) is 3.52. The summed E-state index contributed by atoms with van der Waals surface area (Å²) in [6.07, 6.45) is 2.21. The highest BCUT2D eigenvalue weighted by Gasteiger charge is 2.23. The van der Waals surface area contributed by atoms with Crippen LogP contribution in [0.25, 0.3) is 0 Å². The normalized spacial score (nSPS) is 17.2. The fourth-order valence-electron chi connectivity index (χ4n) is 2.22. The lowest BCUT2D eigenvalue weighted by Gasteiger charge is -2.36. The Morgan fingerprint density at radius 2 is 1.95 bits per heavy atom. The molecule has 2 heterocycles. The van der Waals surface area contributed by atoms with Crippen LogP contribution in [0.1, 0.15) is 33.6 Å². The molecule has 19 heavy (non-hydrogen) atoms. The molecule has 0 aromatic carbocycles. The molecule has 0 spiro atoms. The standard InChI is InChI=1S/C13H24N4OS/c1-4-5-10-18-13-12(14-19-15-13)17-8-6-16(7-9-17)11(2)3/h11H,4-10H2,1-3H3. The van der Waals surface area contributed by atoms with Crippen molar-refractivity contribution in [2.24, 2.45) is 0 Å². The SMILES string of the molecule is CCCCOc1nsnc1N1CCN(C(C)C)CC1. The fraction of sp³-hybridized carbons (Fsp3) is 0.846. The number of unbranched alkanes of at least 4 members (excludes halogenated alkanes) is 1. The van der Waals surface area contributed by atoms with Gasteiger partial charge in [-0.25, -0.2) is 0 Å². The molecule has 6 heteroatoms. The molecule has 108 valence electrons. The van der Waals surface area contributed by atoms with Crippen molar-refractivity contribution in [3.05, 3.63) is 0 Å². The molecule has 0 bridgehead atoms. The van der Waals surface area contributed by atoms with Gasteiger partial charge < -0.3 is 9.64 Å². The maximum atomic E-state index is 5.73. The van der Waals surface area contributed by atoms with Gasteiger partial charge in [-0.2, -0.15) is 4.37 Å². The van der Waals surface area contributed by atoms with E-state index in [0.29, 0.717) is 6.04 Å². The van der Waals surface area contributed by atoms with E-state index < -0.39 is 0 Å². The van der Waals surface area contributed by atoms with E-state index in [1.54, 1.807) is 0 Å². The summed E-state index contributed by atoms with van der Waals surface area (Å²) in [4.78, 5) is 4.79. The van der Waals surface area contributed by atoms with Crippen molar-refractivity contribution in [1.82, 2.24) is 13.6 Å². The Morgan fingerprint density at radius 3 is 2.58 bits per heavy atom. The Hall–Kier alpha value is -0.880. The summed E-state index contributed by atoms with van der Waals surface area (Å²) in [7, 11) is 0. The highest BCUT2D eigenvalue weighted by Crippen LogP contribution is 2.26. The summed E-state index contributed by atoms with van der Waals surface area (Å²) in [5, 5.41) is 0. The van der Waals surface area contributed by atoms with Crippen molar-refractivity contribution < 1.29 is 4.74 Å². The van der Waals surface area contributed by atoms with E-state index >= 15 is 0 Å². The zero-order valence-electron chi connectivity index (χ0n) is 12.1. The van der Waals surface area contributed by atoms with Crippen LogP contribution in [0.4, 0.5) is 5.82 Å². The molecule has 0 unspecified atom stereocenters. The summed E-state index contributed by atoms with van der Waals surface area (Å²) < 4.78 is 14.4. The van der Waals surface area contributed by atoms with Gasteiger partial charge in [0.25, 0.3) is 5.88 Å². The average molecular weight is 284 g/mol. The zero-order chi connectivity index (χ0) is 13.7. The molecule has 0 amide bonds. The van der Waals surface area contributed by atoms with Gasteiger partial charge in [0.2, 0.25) is 5.82 Å². The molecule has 0 atom stereocenters. The minimum Gasteiger partial charge on any atom is -0.474 e. The van der Waals surface area contributed by atoms with Crippen molar-refractivity contribution >= 4 is 17.5 Å². The van der Waals surface area contributed by atoms with Crippen molar-refractivity contribution in [2.45, 2.75) is 39.7 Å². The van der Waals surface area contributed by atoms with Gasteiger partial charge in [0, 0.05) is 32.2 Å². The number of anilines is 1. The molecular weight excluding hydrogens is 260 g/mol. The van der Waals surface area contributed by atoms with E-state index in [-0.39, 0.29) is 0 Å². The van der Waals surface area contributed by atoms with Crippen molar-refractivity contribution in [2.75, 3.05) is 37.7 Å². The predicted molar refractivity (Wildman–Crippen MR) is 79.2 cm³/mol. The maximum Gasteiger partial charge on any atom is 0.270 e. The van der Waals surface area contributed by atoms with Crippen LogP contribution in [0, 0.1) is 0 Å². The minimum absolute atomic E-state index is 0.621. The summed E-state index contributed by atoms with van der Waals surface area (Å²) in [5.74, 6) is 1.65. The lowest BCUT2D eigenvalue weighted by Crippen LogP contribution is -2.49. The second-order valence-electron chi connectivity index (χ2n) is 5.21. The number of rotatable bonds is 6. The van der Waals surface area contributed by atoms with Crippen LogP contribution in [-0.4, -0.2) is 52.5 Å². The summed E-state index contributed by atoms with van der Waals surface area (Å²) >= 11 is 1.24. The summed E-state index contributed by atoms with van der Waals surface area (Å²) in [6, 6.07) is 0.621. The molecule has 1 aromatic rings. The smallest absolute Gasteiger partial charge is 0.270 e. The molecule has 2 rings (SSSR count). The largest absolute Gasteiger partial charge is 0.474 e. The molecule has 0 N–H and O–H groups in total. The monoisotopic (exact) mass is 284 g/mol. The quantitative estimate of drug-likeness (QED) is 0.749. The van der Waals surface area contributed by atoms with Gasteiger partial charge in [0.15, 0.2) is 0 Å². The predicted octanol–water partition coefficient (Wildman–Crippen LogP) is 2.25. The van der Waals surface area contributed by atoms with Crippen LogP contribution in [-0.2, 0) is 0 Å². The Kier molecular flexibility index (Phi) is 5.39. The van der Waals surface area contributed by atoms with Gasteiger partial charge in [-0.05, 0) is 20.3 Å². The third-order valence-corrected chi connectivity index (χ3v) is 4.03. The molecule has 1 aromatic heterocycles. The fourth-order valence-corrected chi connectivity index (χ4v) is 2.74. The van der Waals surface area contributed by atoms with Crippen molar-refractivity contribution in [3.63, 3.8) is 0 Å². The first-order valence-corrected chi connectivity index (χ1v) is 7.89. The zero-order valence-corrected chi connectivity index (χ0v) is 12.9. The van der Waals surface area contributed by atoms with Crippen LogP contribution in [0.2, 0.25) is 0 Å². The van der Waals surface area contributed by atoms with E-state index in [2.05, 4.69) is 39.3 Å². The lowest BCUT2D eigenvalue weighted by atomic mass is 10.2. The second-order valence-corrected chi connectivity index (χ2v) is 5.74. The van der Waals surface area contributed by atoms with Gasteiger partial charge in [-0.15, -0.1) is 4.37 Å². The van der Waals surface area contributed by atoms with Crippen LogP contribution in [0.3, 0.4) is 0 Å². The van der Waals surface area contributed by atoms with Gasteiger partial charge in [0.1, 0.15) is 0 Å². The molecular formula is C13H24N4OS. The molecule has 0 radical (unpaired) electrons. The van der Waals surface area contributed by atoms with E-state index in [9.17, 15) is 0 Å². The van der Waals surface area contributed by atoms with Crippen LogP contribution < -0.4 is 9.64 Å².